The van der Waals surface area contributed by atoms with Crippen LogP contribution in [0.25, 0.3) is 6.08 Å². The number of benzene rings is 1. The molecular weight excluding hydrogens is 314 g/mol. The highest BCUT2D eigenvalue weighted by molar-refractivity contribution is 5.92. The van der Waals surface area contributed by atoms with Crippen LogP contribution in [0.5, 0.6) is 5.75 Å². The van der Waals surface area contributed by atoms with Crippen LogP contribution >= 0.6 is 0 Å². The number of carbonyl (C=O) groups is 2. The van der Waals surface area contributed by atoms with Gasteiger partial charge in [0.25, 0.3) is 5.69 Å². The predicted octanol–water partition coefficient (Wildman–Crippen LogP) is 3.55. The van der Waals surface area contributed by atoms with E-state index in [4.69, 9.17) is 9.47 Å². The van der Waals surface area contributed by atoms with E-state index < -0.39 is 16.5 Å². The summed E-state index contributed by atoms with van der Waals surface area (Å²) in [7, 11) is 0. The molecule has 7 nitrogen and oxygen atoms in total. The predicted molar refractivity (Wildman–Crippen MR) is 89.1 cm³/mol. The van der Waals surface area contributed by atoms with Crippen molar-refractivity contribution in [2.75, 3.05) is 0 Å². The van der Waals surface area contributed by atoms with Crippen LogP contribution in [0.1, 0.15) is 50.5 Å². The number of esters is 1. The van der Waals surface area contributed by atoms with Gasteiger partial charge in [0.15, 0.2) is 6.29 Å². The number of hydrogen-bond acceptors (Lipinski definition) is 6. The minimum atomic E-state index is -0.651. The number of aldehydes is 1. The first-order valence-electron chi connectivity index (χ1n) is 7.39. The van der Waals surface area contributed by atoms with Crippen molar-refractivity contribution in [2.24, 2.45) is 0 Å². The van der Waals surface area contributed by atoms with Crippen LogP contribution in [0.2, 0.25) is 0 Å². The summed E-state index contributed by atoms with van der Waals surface area (Å²) in [5.41, 5.74) is -0.571. The number of non-ortho nitro benzene ring substituents is 1. The molecule has 130 valence electrons. The smallest absolute Gasteiger partial charge is 0.331 e. The summed E-state index contributed by atoms with van der Waals surface area (Å²) in [4.78, 5) is 33.5. The zero-order valence-corrected chi connectivity index (χ0v) is 14.4. The highest BCUT2D eigenvalue weighted by Gasteiger charge is 2.18. The lowest BCUT2D eigenvalue weighted by atomic mass is 10.1. The number of carbonyl (C=O) groups excluding carboxylic acids is 2. The molecule has 0 N–H and O–H groups in total. The molecule has 0 saturated carbocycles. The molecule has 0 saturated heterocycles. The van der Waals surface area contributed by atoms with Crippen LogP contribution in [0.15, 0.2) is 18.2 Å². The third-order valence-corrected chi connectivity index (χ3v) is 2.65. The molecule has 0 aromatic heterocycles. The molecule has 0 bridgehead atoms. The molecule has 0 radical (unpaired) electrons. The molecule has 0 unspecified atom stereocenters. The van der Waals surface area contributed by atoms with Gasteiger partial charge in [0, 0.05) is 23.3 Å². The summed E-state index contributed by atoms with van der Waals surface area (Å²) in [6.45, 7) is 8.69. The number of nitro benzene ring substituents is 1. The van der Waals surface area contributed by atoms with Gasteiger partial charge in [0.2, 0.25) is 0 Å². The van der Waals surface area contributed by atoms with Gasteiger partial charge in [0.05, 0.1) is 17.1 Å². The van der Waals surface area contributed by atoms with E-state index >= 15 is 0 Å². The number of rotatable bonds is 6. The van der Waals surface area contributed by atoms with Gasteiger partial charge in [-0.3, -0.25) is 14.9 Å². The minimum absolute atomic E-state index is 0.0552. The third-order valence-electron chi connectivity index (χ3n) is 2.65. The van der Waals surface area contributed by atoms with E-state index in [2.05, 4.69) is 0 Å². The molecule has 0 aliphatic carbocycles. The molecule has 24 heavy (non-hydrogen) atoms. The fraction of sp³-hybridized carbons (Fsp3) is 0.412. The van der Waals surface area contributed by atoms with Crippen LogP contribution in [-0.2, 0) is 9.53 Å². The Hall–Kier alpha value is -2.70. The highest BCUT2D eigenvalue weighted by Crippen LogP contribution is 2.30. The summed E-state index contributed by atoms with van der Waals surface area (Å²) in [6, 6.07) is 2.36. The summed E-state index contributed by atoms with van der Waals surface area (Å²) < 4.78 is 10.7. The van der Waals surface area contributed by atoms with Gasteiger partial charge in [0.1, 0.15) is 11.4 Å². The zero-order valence-electron chi connectivity index (χ0n) is 14.4. The van der Waals surface area contributed by atoms with E-state index in [1.165, 1.54) is 12.1 Å². The first-order chi connectivity index (χ1) is 11.0. The Morgan fingerprint density at radius 1 is 1.29 bits per heavy atom. The average molecular weight is 335 g/mol. The fourth-order valence-corrected chi connectivity index (χ4v) is 1.85. The Morgan fingerprint density at radius 3 is 2.38 bits per heavy atom. The van der Waals surface area contributed by atoms with Crippen molar-refractivity contribution in [3.8, 4) is 5.75 Å². The topological polar surface area (TPSA) is 95.7 Å². The largest absolute Gasteiger partial charge is 0.490 e. The molecule has 7 heteroatoms. The minimum Gasteiger partial charge on any atom is -0.490 e. The lowest BCUT2D eigenvalue weighted by Crippen LogP contribution is -2.22. The highest BCUT2D eigenvalue weighted by atomic mass is 16.6. The maximum absolute atomic E-state index is 11.8. The van der Waals surface area contributed by atoms with Crippen LogP contribution in [0.4, 0.5) is 5.69 Å². The Balaban J connectivity index is 3.30. The van der Waals surface area contributed by atoms with Crippen LogP contribution in [-0.4, -0.2) is 28.9 Å². The lowest BCUT2D eigenvalue weighted by molar-refractivity contribution is -0.385. The zero-order chi connectivity index (χ0) is 18.5. The molecule has 0 atom stereocenters. The Morgan fingerprint density at radius 2 is 1.92 bits per heavy atom. The van der Waals surface area contributed by atoms with Crippen molar-refractivity contribution in [2.45, 2.75) is 46.3 Å². The summed E-state index contributed by atoms with van der Waals surface area (Å²) >= 11 is 0. The van der Waals surface area contributed by atoms with Gasteiger partial charge in [-0.25, -0.2) is 4.79 Å². The van der Waals surface area contributed by atoms with Gasteiger partial charge < -0.3 is 9.47 Å². The Labute approximate surface area is 140 Å². The molecule has 1 aromatic carbocycles. The number of hydrogen-bond donors (Lipinski definition) is 0. The molecule has 0 fully saturated rings. The normalized spacial score (nSPS) is 11.6. The van der Waals surface area contributed by atoms with Gasteiger partial charge in [-0.2, -0.15) is 0 Å². The van der Waals surface area contributed by atoms with Crippen molar-refractivity contribution in [1.82, 2.24) is 0 Å². The summed E-state index contributed by atoms with van der Waals surface area (Å²) in [6.07, 6.45) is 2.74. The van der Waals surface area contributed by atoms with E-state index in [0.717, 1.165) is 12.1 Å². The van der Waals surface area contributed by atoms with E-state index in [9.17, 15) is 19.7 Å². The van der Waals surface area contributed by atoms with Gasteiger partial charge in [-0.05, 0) is 40.7 Å². The third kappa shape index (κ3) is 5.83. The first-order valence-corrected chi connectivity index (χ1v) is 7.39. The summed E-state index contributed by atoms with van der Waals surface area (Å²) in [5, 5.41) is 11.0. The van der Waals surface area contributed by atoms with Crippen molar-refractivity contribution in [3.05, 3.63) is 39.4 Å². The standard InChI is InChI=1S/C17H21NO6/c1-11(2)23-15-9-13(18(21)22)8-12(10-19)14(15)6-7-16(20)24-17(3,4)5/h6-11H,1-5H3/b7-6+. The van der Waals surface area contributed by atoms with E-state index in [1.807, 2.05) is 0 Å². The van der Waals surface area contributed by atoms with E-state index in [1.54, 1.807) is 34.6 Å². The monoisotopic (exact) mass is 335 g/mol. The van der Waals surface area contributed by atoms with Gasteiger partial charge in [-0.1, -0.05) is 0 Å². The summed E-state index contributed by atoms with van der Waals surface area (Å²) in [5.74, 6) is -0.436. The number of nitrogens with zero attached hydrogens (tertiary/aromatic N) is 1. The van der Waals surface area contributed by atoms with Gasteiger partial charge >= 0.3 is 5.97 Å². The van der Waals surface area contributed by atoms with Crippen molar-refractivity contribution in [1.29, 1.82) is 0 Å². The van der Waals surface area contributed by atoms with Crippen LogP contribution in [0, 0.1) is 10.1 Å². The van der Waals surface area contributed by atoms with Gasteiger partial charge in [-0.15, -0.1) is 0 Å². The Bertz CT molecular complexity index is 670. The SMILES string of the molecule is CC(C)Oc1cc([N+](=O)[O-])cc(C=O)c1/C=C/C(=O)OC(C)(C)C. The van der Waals surface area contributed by atoms with E-state index in [-0.39, 0.29) is 28.7 Å². The van der Waals surface area contributed by atoms with Crippen molar-refractivity contribution >= 4 is 24.0 Å². The lowest BCUT2D eigenvalue weighted by Gasteiger charge is -2.18. The van der Waals surface area contributed by atoms with Crippen LogP contribution in [0.3, 0.4) is 0 Å². The molecule has 1 rings (SSSR count). The second-order valence-electron chi connectivity index (χ2n) is 6.36. The second kappa shape index (κ2) is 7.72. The maximum atomic E-state index is 11.8. The molecule has 0 amide bonds. The quantitative estimate of drug-likeness (QED) is 0.259. The Kier molecular flexibility index (Phi) is 6.22. The molecule has 0 aliphatic rings. The van der Waals surface area contributed by atoms with Crippen molar-refractivity contribution in [3.63, 3.8) is 0 Å². The van der Waals surface area contributed by atoms with Crippen molar-refractivity contribution < 1.29 is 24.0 Å². The molecule has 1 aromatic rings. The number of nitro groups is 1. The second-order valence-corrected chi connectivity index (χ2v) is 6.36. The molecule has 0 aliphatic heterocycles. The first kappa shape index (κ1) is 19.3. The fourth-order valence-electron chi connectivity index (χ4n) is 1.85. The number of ether oxygens (including phenoxy) is 2. The van der Waals surface area contributed by atoms with Crippen LogP contribution < -0.4 is 4.74 Å². The maximum Gasteiger partial charge on any atom is 0.331 e. The average Bonchev–Trinajstić information content (AvgIpc) is 2.42. The molecular formula is C17H21NO6. The van der Waals surface area contributed by atoms with E-state index in [0.29, 0.717) is 6.29 Å². The molecule has 0 heterocycles. The molecule has 0 spiro atoms.